The highest BCUT2D eigenvalue weighted by atomic mass is 16.5. The molecule has 1 heterocycles. The van der Waals surface area contributed by atoms with Crippen molar-refractivity contribution in [1.29, 1.82) is 0 Å². The molecular weight excluding hydrogens is 354 g/mol. The summed E-state index contributed by atoms with van der Waals surface area (Å²) in [6, 6.07) is 6.48. The van der Waals surface area contributed by atoms with E-state index in [0.29, 0.717) is 6.04 Å². The van der Waals surface area contributed by atoms with Crippen LogP contribution in [0.25, 0.3) is 0 Å². The first-order valence-corrected chi connectivity index (χ1v) is 10.6. The number of rotatable bonds is 8. The van der Waals surface area contributed by atoms with Gasteiger partial charge in [-0.3, -0.25) is 0 Å². The second kappa shape index (κ2) is 8.42. The van der Waals surface area contributed by atoms with Crippen molar-refractivity contribution in [2.45, 2.75) is 70.4 Å². The minimum atomic E-state index is -1.36. The maximum Gasteiger partial charge on any atom is 0.332 e. The van der Waals surface area contributed by atoms with Gasteiger partial charge >= 0.3 is 5.97 Å². The minimum Gasteiger partial charge on any atom is -0.497 e. The second-order valence-corrected chi connectivity index (χ2v) is 8.81. The Balaban J connectivity index is 2.02. The van der Waals surface area contributed by atoms with Crippen LogP contribution in [-0.4, -0.2) is 53.4 Å². The Bertz CT molecular complexity index is 702. The standard InChI is InChI=1S/C23H35NO4/c1-5-18-8-9-19(28-4)12-20(18)23(13-21(25)22(26)27)10-11-24(14-17-6-7-17)16(3)15(23)2/h8-9,12,15-17,21,25H,5-7,10-11,13-14H2,1-4H3,(H,26,27). The smallest absolute Gasteiger partial charge is 0.332 e. The number of aryl methyl sites for hydroxylation is 1. The molecule has 2 N–H and O–H groups in total. The summed E-state index contributed by atoms with van der Waals surface area (Å²) in [5.74, 6) is 0.707. The molecule has 1 aromatic carbocycles. The first-order valence-electron chi connectivity index (χ1n) is 10.6. The van der Waals surface area contributed by atoms with Crippen LogP contribution in [-0.2, 0) is 16.6 Å². The molecular formula is C23H35NO4. The molecule has 2 fully saturated rings. The van der Waals surface area contributed by atoms with Gasteiger partial charge in [0.25, 0.3) is 0 Å². The van der Waals surface area contributed by atoms with E-state index in [4.69, 9.17) is 4.74 Å². The van der Waals surface area contributed by atoms with Gasteiger partial charge in [-0.05, 0) is 80.7 Å². The quantitative estimate of drug-likeness (QED) is 0.712. The van der Waals surface area contributed by atoms with Gasteiger partial charge in [0.05, 0.1) is 7.11 Å². The molecule has 4 atom stereocenters. The number of nitrogens with zero attached hydrogens (tertiary/aromatic N) is 1. The van der Waals surface area contributed by atoms with E-state index in [1.165, 1.54) is 18.4 Å². The summed E-state index contributed by atoms with van der Waals surface area (Å²) in [4.78, 5) is 14.1. The van der Waals surface area contributed by atoms with Crippen LogP contribution < -0.4 is 4.74 Å². The third kappa shape index (κ3) is 4.06. The van der Waals surface area contributed by atoms with Crippen molar-refractivity contribution in [2.24, 2.45) is 11.8 Å². The molecule has 0 aromatic heterocycles. The van der Waals surface area contributed by atoms with Crippen molar-refractivity contribution in [1.82, 2.24) is 4.90 Å². The zero-order valence-electron chi connectivity index (χ0n) is 17.6. The molecule has 1 saturated heterocycles. The monoisotopic (exact) mass is 389 g/mol. The van der Waals surface area contributed by atoms with Gasteiger partial charge in [0.2, 0.25) is 0 Å². The Morgan fingerprint density at radius 2 is 2.07 bits per heavy atom. The Labute approximate surface area is 168 Å². The zero-order valence-corrected chi connectivity index (χ0v) is 17.6. The summed E-state index contributed by atoms with van der Waals surface area (Å²) in [5.41, 5.74) is 1.99. The lowest BCUT2D eigenvalue weighted by Gasteiger charge is -2.52. The molecule has 1 saturated carbocycles. The van der Waals surface area contributed by atoms with Crippen molar-refractivity contribution in [2.75, 3.05) is 20.2 Å². The highest BCUT2D eigenvalue weighted by Gasteiger charge is 2.49. The largest absolute Gasteiger partial charge is 0.497 e. The van der Waals surface area contributed by atoms with Crippen molar-refractivity contribution < 1.29 is 19.7 Å². The van der Waals surface area contributed by atoms with Gasteiger partial charge in [0.1, 0.15) is 5.75 Å². The highest BCUT2D eigenvalue weighted by molar-refractivity contribution is 5.72. The number of carboxylic acid groups (broad SMARTS) is 1. The Hall–Kier alpha value is -1.59. The summed E-state index contributed by atoms with van der Waals surface area (Å²) >= 11 is 0. The normalized spacial score (nSPS) is 29.5. The first kappa shape index (κ1) is 21.1. The van der Waals surface area contributed by atoms with E-state index in [-0.39, 0.29) is 17.8 Å². The lowest BCUT2D eigenvalue weighted by Crippen LogP contribution is -2.56. The van der Waals surface area contributed by atoms with Crippen molar-refractivity contribution in [3.8, 4) is 5.75 Å². The SMILES string of the molecule is CCc1ccc(OC)cc1C1(CC(O)C(=O)O)CCN(CC2CC2)C(C)C1C. The summed E-state index contributed by atoms with van der Waals surface area (Å²) in [5, 5.41) is 19.8. The van der Waals surface area contributed by atoms with Gasteiger partial charge in [-0.1, -0.05) is 19.9 Å². The van der Waals surface area contributed by atoms with E-state index in [1.54, 1.807) is 7.11 Å². The second-order valence-electron chi connectivity index (χ2n) is 8.81. The Morgan fingerprint density at radius 1 is 1.36 bits per heavy atom. The molecule has 0 spiro atoms. The lowest BCUT2D eigenvalue weighted by atomic mass is 9.60. The molecule has 0 amide bonds. The van der Waals surface area contributed by atoms with E-state index in [9.17, 15) is 15.0 Å². The third-order valence-electron chi connectivity index (χ3n) is 7.28. The van der Waals surface area contributed by atoms with Crippen molar-refractivity contribution >= 4 is 5.97 Å². The maximum atomic E-state index is 11.5. The molecule has 5 nitrogen and oxygen atoms in total. The van der Waals surface area contributed by atoms with E-state index in [2.05, 4.69) is 37.8 Å². The number of aliphatic carboxylic acids is 1. The van der Waals surface area contributed by atoms with Gasteiger partial charge in [0.15, 0.2) is 6.10 Å². The van der Waals surface area contributed by atoms with Crippen LogP contribution in [0.15, 0.2) is 18.2 Å². The molecule has 0 bridgehead atoms. The highest BCUT2D eigenvalue weighted by Crippen LogP contribution is 2.49. The molecule has 5 heteroatoms. The number of ether oxygens (including phenoxy) is 1. The van der Waals surface area contributed by atoms with Crippen LogP contribution in [0.4, 0.5) is 0 Å². The van der Waals surface area contributed by atoms with E-state index in [0.717, 1.165) is 43.2 Å². The number of hydrogen-bond donors (Lipinski definition) is 2. The van der Waals surface area contributed by atoms with Gasteiger partial charge in [-0.15, -0.1) is 0 Å². The molecule has 2 aliphatic rings. The summed E-state index contributed by atoms with van der Waals surface area (Å²) < 4.78 is 5.50. The van der Waals surface area contributed by atoms with Crippen LogP contribution in [0.2, 0.25) is 0 Å². The zero-order chi connectivity index (χ0) is 20.5. The van der Waals surface area contributed by atoms with E-state index >= 15 is 0 Å². The van der Waals surface area contributed by atoms with Gasteiger partial charge in [-0.25, -0.2) is 4.79 Å². The van der Waals surface area contributed by atoms with E-state index in [1.807, 2.05) is 6.07 Å². The predicted octanol–water partition coefficient (Wildman–Crippen LogP) is 3.47. The number of carboxylic acids is 1. The number of aliphatic hydroxyl groups excluding tert-OH is 1. The predicted molar refractivity (Wildman–Crippen MR) is 110 cm³/mol. The summed E-state index contributed by atoms with van der Waals surface area (Å²) in [7, 11) is 1.66. The van der Waals surface area contributed by atoms with Crippen LogP contribution >= 0.6 is 0 Å². The number of benzene rings is 1. The van der Waals surface area contributed by atoms with Crippen LogP contribution in [0.5, 0.6) is 5.75 Å². The van der Waals surface area contributed by atoms with Crippen LogP contribution in [0.3, 0.4) is 0 Å². The van der Waals surface area contributed by atoms with Gasteiger partial charge in [-0.2, -0.15) is 0 Å². The van der Waals surface area contributed by atoms with Crippen LogP contribution in [0.1, 0.15) is 57.6 Å². The Morgan fingerprint density at radius 3 is 2.64 bits per heavy atom. The molecule has 4 unspecified atom stereocenters. The van der Waals surface area contributed by atoms with Gasteiger partial charge < -0.3 is 19.8 Å². The Kier molecular flexibility index (Phi) is 6.35. The van der Waals surface area contributed by atoms with Crippen molar-refractivity contribution in [3.05, 3.63) is 29.3 Å². The number of carbonyl (C=O) groups is 1. The third-order valence-corrected chi connectivity index (χ3v) is 7.28. The number of methoxy groups -OCH3 is 1. The summed E-state index contributed by atoms with van der Waals surface area (Å²) in [6.45, 7) is 8.70. The molecule has 0 radical (unpaired) electrons. The maximum absolute atomic E-state index is 11.5. The molecule has 1 aliphatic carbocycles. The fourth-order valence-corrected chi connectivity index (χ4v) is 5.11. The average Bonchev–Trinajstić information content (AvgIpc) is 3.51. The number of aliphatic hydroxyl groups is 1. The molecule has 28 heavy (non-hydrogen) atoms. The molecule has 1 aromatic rings. The topological polar surface area (TPSA) is 70.0 Å². The fourth-order valence-electron chi connectivity index (χ4n) is 5.11. The van der Waals surface area contributed by atoms with Crippen molar-refractivity contribution in [3.63, 3.8) is 0 Å². The van der Waals surface area contributed by atoms with Gasteiger partial charge in [0, 0.05) is 18.0 Å². The minimum absolute atomic E-state index is 0.228. The molecule has 3 rings (SSSR count). The number of piperidine rings is 1. The first-order chi connectivity index (χ1) is 13.3. The summed E-state index contributed by atoms with van der Waals surface area (Å²) in [6.07, 6.45) is 3.27. The number of hydrogen-bond acceptors (Lipinski definition) is 4. The lowest BCUT2D eigenvalue weighted by molar-refractivity contribution is -0.148. The van der Waals surface area contributed by atoms with Crippen LogP contribution in [0, 0.1) is 11.8 Å². The van der Waals surface area contributed by atoms with E-state index < -0.39 is 12.1 Å². The fraction of sp³-hybridized carbons (Fsp3) is 0.696. The average molecular weight is 390 g/mol. The molecule has 1 aliphatic heterocycles. The number of likely N-dealkylation sites (tertiary alicyclic amines) is 1. The molecule has 156 valence electrons.